The molecule has 1 nitrogen and oxygen atoms in total. The maximum atomic E-state index is 3.02. The summed E-state index contributed by atoms with van der Waals surface area (Å²) in [6.45, 7) is 0. The van der Waals surface area contributed by atoms with Crippen molar-refractivity contribution in [1.29, 1.82) is 0 Å². The summed E-state index contributed by atoms with van der Waals surface area (Å²) >= 11 is 0. The minimum Gasteiger partial charge on any atom is -0.367 e. The van der Waals surface area contributed by atoms with Crippen molar-refractivity contribution in [3.8, 4) is 11.1 Å². The van der Waals surface area contributed by atoms with Crippen LogP contribution < -0.4 is 0 Å². The Balaban J connectivity index is 2.46. The summed E-state index contributed by atoms with van der Waals surface area (Å²) in [7, 11) is 0. The Bertz CT molecular complexity index is 308. The van der Waals surface area contributed by atoms with E-state index in [4.69, 9.17) is 0 Å². The van der Waals surface area contributed by atoms with Crippen molar-refractivity contribution in [2.24, 2.45) is 0 Å². The fourth-order valence-corrected chi connectivity index (χ4v) is 1.08. The number of H-pyrrole nitrogens is 1. The predicted molar refractivity (Wildman–Crippen MR) is 45.1 cm³/mol. The third-order valence-electron chi connectivity index (χ3n) is 1.65. The summed E-state index contributed by atoms with van der Waals surface area (Å²) < 4.78 is 0. The highest BCUT2D eigenvalue weighted by atomic mass is 14.6. The van der Waals surface area contributed by atoms with Gasteiger partial charge in [-0.15, -0.1) is 0 Å². The van der Waals surface area contributed by atoms with E-state index in [0.717, 1.165) is 0 Å². The van der Waals surface area contributed by atoms with Crippen LogP contribution in [0.3, 0.4) is 0 Å². The van der Waals surface area contributed by atoms with Crippen molar-refractivity contribution in [3.05, 3.63) is 48.8 Å². The molecule has 2 rings (SSSR count). The average molecular weight is 142 g/mol. The lowest BCUT2D eigenvalue weighted by atomic mass is 10.1. The van der Waals surface area contributed by atoms with Crippen molar-refractivity contribution in [3.63, 3.8) is 0 Å². The Hall–Kier alpha value is -1.50. The van der Waals surface area contributed by atoms with Crippen LogP contribution in [-0.4, -0.2) is 4.98 Å². The van der Waals surface area contributed by atoms with Crippen LogP contribution in [0, 0.1) is 6.07 Å². The Morgan fingerprint density at radius 2 is 1.82 bits per heavy atom. The van der Waals surface area contributed by atoms with Crippen LogP contribution in [-0.2, 0) is 0 Å². The molecule has 11 heavy (non-hydrogen) atoms. The number of aromatic nitrogens is 1. The summed E-state index contributed by atoms with van der Waals surface area (Å²) in [5, 5.41) is 0. The third-order valence-corrected chi connectivity index (χ3v) is 1.65. The molecule has 2 aromatic rings. The molecule has 0 atom stereocenters. The van der Waals surface area contributed by atoms with Crippen LogP contribution in [0.2, 0.25) is 0 Å². The highest BCUT2D eigenvalue weighted by molar-refractivity contribution is 5.61. The average Bonchev–Trinajstić information content (AvgIpc) is 2.58. The van der Waals surface area contributed by atoms with Gasteiger partial charge in [-0.3, -0.25) is 0 Å². The van der Waals surface area contributed by atoms with Gasteiger partial charge >= 0.3 is 0 Å². The van der Waals surface area contributed by atoms with Crippen LogP contribution in [0.5, 0.6) is 0 Å². The molecule has 1 radical (unpaired) electrons. The second kappa shape index (κ2) is 2.62. The highest BCUT2D eigenvalue weighted by Crippen LogP contribution is 2.16. The lowest BCUT2D eigenvalue weighted by molar-refractivity contribution is 1.41. The Morgan fingerprint density at radius 1 is 1.00 bits per heavy atom. The summed E-state index contributed by atoms with van der Waals surface area (Å²) in [6, 6.07) is 13.0. The number of hydrogen-bond acceptors (Lipinski definition) is 0. The molecule has 0 fully saturated rings. The van der Waals surface area contributed by atoms with Gasteiger partial charge in [-0.1, -0.05) is 24.3 Å². The van der Waals surface area contributed by atoms with Gasteiger partial charge in [0.25, 0.3) is 0 Å². The van der Waals surface area contributed by atoms with E-state index in [9.17, 15) is 0 Å². The van der Waals surface area contributed by atoms with Gasteiger partial charge in [-0.2, -0.15) is 0 Å². The fourth-order valence-electron chi connectivity index (χ4n) is 1.08. The van der Waals surface area contributed by atoms with Crippen molar-refractivity contribution in [2.75, 3.05) is 0 Å². The standard InChI is InChI=1S/C10H8N/c1-2-4-9(5-3-1)10-6-7-11-8-10/h2-8,11H. The summed E-state index contributed by atoms with van der Waals surface area (Å²) in [5.41, 5.74) is 2.45. The Morgan fingerprint density at radius 3 is 2.45 bits per heavy atom. The number of aromatic amines is 1. The summed E-state index contributed by atoms with van der Waals surface area (Å²) in [4.78, 5) is 3.02. The first-order chi connectivity index (χ1) is 5.47. The fraction of sp³-hybridized carbons (Fsp3) is 0. The molecule has 0 aliphatic heterocycles. The van der Waals surface area contributed by atoms with Crippen LogP contribution >= 0.6 is 0 Å². The number of nitrogens with one attached hydrogen (secondary N) is 1. The predicted octanol–water partition coefficient (Wildman–Crippen LogP) is 2.48. The van der Waals surface area contributed by atoms with Gasteiger partial charge in [0, 0.05) is 12.4 Å². The third kappa shape index (κ3) is 1.17. The van der Waals surface area contributed by atoms with E-state index in [2.05, 4.69) is 17.1 Å². The zero-order chi connectivity index (χ0) is 7.52. The lowest BCUT2D eigenvalue weighted by Crippen LogP contribution is -1.69. The smallest absolute Gasteiger partial charge is 0.00841 e. The van der Waals surface area contributed by atoms with Crippen LogP contribution in [0.25, 0.3) is 11.1 Å². The van der Waals surface area contributed by atoms with E-state index in [-0.39, 0.29) is 0 Å². The highest BCUT2D eigenvalue weighted by Gasteiger charge is 1.93. The van der Waals surface area contributed by atoms with Gasteiger partial charge < -0.3 is 4.98 Å². The van der Waals surface area contributed by atoms with Gasteiger partial charge in [0.2, 0.25) is 0 Å². The van der Waals surface area contributed by atoms with Gasteiger partial charge in [-0.25, -0.2) is 0 Å². The normalized spacial score (nSPS) is 9.82. The molecule has 1 aromatic carbocycles. The molecule has 0 spiro atoms. The zero-order valence-corrected chi connectivity index (χ0v) is 6.04. The van der Waals surface area contributed by atoms with Crippen molar-refractivity contribution >= 4 is 0 Å². The Labute approximate surface area is 65.7 Å². The topological polar surface area (TPSA) is 15.8 Å². The lowest BCUT2D eigenvalue weighted by Gasteiger charge is -1.93. The molecule has 53 valence electrons. The first-order valence-corrected chi connectivity index (χ1v) is 3.56. The second-order valence-corrected chi connectivity index (χ2v) is 2.39. The molecule has 0 unspecified atom stereocenters. The van der Waals surface area contributed by atoms with Crippen molar-refractivity contribution in [2.45, 2.75) is 0 Å². The quantitative estimate of drug-likeness (QED) is 0.629. The van der Waals surface area contributed by atoms with Crippen molar-refractivity contribution in [1.82, 2.24) is 4.98 Å². The summed E-state index contributed by atoms with van der Waals surface area (Å²) in [6.07, 6.45) is 3.90. The molecule has 0 aliphatic rings. The van der Waals surface area contributed by atoms with E-state index in [1.165, 1.54) is 11.1 Å². The first-order valence-electron chi connectivity index (χ1n) is 3.56. The van der Waals surface area contributed by atoms with Gasteiger partial charge in [0.05, 0.1) is 0 Å². The van der Waals surface area contributed by atoms with Crippen LogP contribution in [0.15, 0.2) is 42.7 Å². The molecule has 0 saturated carbocycles. The van der Waals surface area contributed by atoms with Crippen LogP contribution in [0.1, 0.15) is 0 Å². The minimum absolute atomic E-state index is 1.22. The Kier molecular flexibility index (Phi) is 1.48. The van der Waals surface area contributed by atoms with E-state index < -0.39 is 0 Å². The van der Waals surface area contributed by atoms with E-state index in [1.807, 2.05) is 36.7 Å². The maximum Gasteiger partial charge on any atom is 0.00841 e. The maximum absolute atomic E-state index is 3.02. The monoisotopic (exact) mass is 142 g/mol. The molecule has 0 aliphatic carbocycles. The van der Waals surface area contributed by atoms with E-state index in [1.54, 1.807) is 0 Å². The van der Waals surface area contributed by atoms with Gasteiger partial charge in [0.1, 0.15) is 0 Å². The molecule has 1 heteroatoms. The van der Waals surface area contributed by atoms with E-state index >= 15 is 0 Å². The molecular weight excluding hydrogens is 134 g/mol. The number of hydrogen-bond donors (Lipinski definition) is 1. The molecular formula is C10H8N. The van der Waals surface area contributed by atoms with Gasteiger partial charge in [0.15, 0.2) is 0 Å². The van der Waals surface area contributed by atoms with E-state index in [0.29, 0.717) is 0 Å². The molecule has 1 aromatic heterocycles. The van der Waals surface area contributed by atoms with Gasteiger partial charge in [-0.05, 0) is 23.3 Å². The zero-order valence-electron chi connectivity index (χ0n) is 6.04. The summed E-state index contributed by atoms with van der Waals surface area (Å²) in [5.74, 6) is 0. The van der Waals surface area contributed by atoms with Crippen molar-refractivity contribution < 1.29 is 0 Å². The first kappa shape index (κ1) is 6.23. The SMILES string of the molecule is [c]1ccc(-c2cc[nH]c2)cc1. The molecule has 1 heterocycles. The van der Waals surface area contributed by atoms with Crippen LogP contribution in [0.4, 0.5) is 0 Å². The largest absolute Gasteiger partial charge is 0.367 e. The molecule has 0 saturated heterocycles. The molecule has 0 amide bonds. The number of rotatable bonds is 1. The number of benzene rings is 1. The molecule has 0 bridgehead atoms. The minimum atomic E-state index is 1.22. The second-order valence-electron chi connectivity index (χ2n) is 2.39. The molecule has 1 N–H and O–H groups in total.